The molecule has 2 saturated carbocycles. The van der Waals surface area contributed by atoms with Gasteiger partial charge in [-0.05, 0) is 93.4 Å². The Kier molecular flexibility index (Phi) is 7.84. The van der Waals surface area contributed by atoms with Crippen LogP contribution in [-0.4, -0.2) is 41.9 Å². The summed E-state index contributed by atoms with van der Waals surface area (Å²) in [5, 5.41) is 17.1. The maximum Gasteiger partial charge on any atom is 0.416 e. The number of alkyl halides is 3. The van der Waals surface area contributed by atoms with Crippen molar-refractivity contribution >= 4 is 5.91 Å². The fourth-order valence-corrected chi connectivity index (χ4v) is 5.84. The Morgan fingerprint density at radius 1 is 1.14 bits per heavy atom. The molecule has 1 heterocycles. The summed E-state index contributed by atoms with van der Waals surface area (Å²) in [5.74, 6) is 0.158. The molecule has 0 bridgehead atoms. The Morgan fingerprint density at radius 2 is 1.89 bits per heavy atom. The molecule has 3 aliphatic rings. The molecule has 1 aromatic carbocycles. The first-order valence-electron chi connectivity index (χ1n) is 12.9. The van der Waals surface area contributed by atoms with Gasteiger partial charge in [0.25, 0.3) is 0 Å². The Bertz CT molecular complexity index is 895. The Labute approximate surface area is 206 Å². The quantitative estimate of drug-likeness (QED) is 0.485. The number of ether oxygens (including phenoxy) is 1. The molecule has 1 saturated heterocycles. The van der Waals surface area contributed by atoms with Gasteiger partial charge in [0, 0.05) is 31.2 Å². The van der Waals surface area contributed by atoms with Crippen molar-refractivity contribution < 1.29 is 27.8 Å². The van der Waals surface area contributed by atoms with Crippen molar-refractivity contribution in [3.63, 3.8) is 0 Å². The van der Waals surface area contributed by atoms with Gasteiger partial charge in [0.15, 0.2) is 0 Å². The van der Waals surface area contributed by atoms with Crippen LogP contribution in [0, 0.1) is 17.8 Å². The van der Waals surface area contributed by atoms with Crippen molar-refractivity contribution in [1.29, 1.82) is 0 Å². The number of nitrogens with one attached hydrogen (secondary N) is 2. The highest BCUT2D eigenvalue weighted by Crippen LogP contribution is 2.43. The highest BCUT2D eigenvalue weighted by atomic mass is 19.4. The van der Waals surface area contributed by atoms with Crippen LogP contribution in [0.5, 0.6) is 0 Å². The van der Waals surface area contributed by atoms with Crippen molar-refractivity contribution in [2.24, 2.45) is 17.8 Å². The zero-order valence-corrected chi connectivity index (χ0v) is 21.0. The van der Waals surface area contributed by atoms with Gasteiger partial charge in [0.2, 0.25) is 5.91 Å². The predicted molar refractivity (Wildman–Crippen MR) is 128 cm³/mol. The Morgan fingerprint density at radius 3 is 2.51 bits per heavy atom. The lowest BCUT2D eigenvalue weighted by Crippen LogP contribution is -2.45. The van der Waals surface area contributed by atoms with Crippen molar-refractivity contribution in [3.8, 4) is 0 Å². The lowest BCUT2D eigenvalue weighted by Gasteiger charge is -2.32. The van der Waals surface area contributed by atoms with Crippen LogP contribution in [-0.2, 0) is 22.3 Å². The molecular formula is C27H39F3N2O3. The summed E-state index contributed by atoms with van der Waals surface area (Å²) < 4.78 is 45.8. The highest BCUT2D eigenvalue weighted by molar-refractivity contribution is 5.79. The van der Waals surface area contributed by atoms with Crippen LogP contribution in [0.3, 0.4) is 0 Å². The first-order valence-corrected chi connectivity index (χ1v) is 12.9. The van der Waals surface area contributed by atoms with Crippen LogP contribution < -0.4 is 10.6 Å². The van der Waals surface area contributed by atoms with E-state index < -0.39 is 17.3 Å². The summed E-state index contributed by atoms with van der Waals surface area (Å²) in [6, 6.07) is 4.69. The van der Waals surface area contributed by atoms with Gasteiger partial charge in [0.05, 0.1) is 17.8 Å². The van der Waals surface area contributed by atoms with Gasteiger partial charge in [-0.15, -0.1) is 0 Å². The largest absolute Gasteiger partial charge is 0.416 e. The molecule has 2 aliphatic carbocycles. The van der Waals surface area contributed by atoms with Gasteiger partial charge in [-0.2, -0.15) is 13.2 Å². The lowest BCUT2D eigenvalue weighted by molar-refractivity contribution is -0.137. The third kappa shape index (κ3) is 7.20. The number of rotatable bonds is 8. The molecule has 0 aromatic heterocycles. The fourth-order valence-electron chi connectivity index (χ4n) is 5.84. The van der Waals surface area contributed by atoms with E-state index in [1.54, 1.807) is 19.9 Å². The number of carbonyl (C=O) groups excluding carboxylic acids is 1. The van der Waals surface area contributed by atoms with Crippen LogP contribution in [0.4, 0.5) is 13.2 Å². The minimum Gasteiger partial charge on any atom is -0.390 e. The van der Waals surface area contributed by atoms with E-state index in [0.717, 1.165) is 45.0 Å². The van der Waals surface area contributed by atoms with E-state index in [1.807, 2.05) is 0 Å². The summed E-state index contributed by atoms with van der Waals surface area (Å²) in [7, 11) is 0. The summed E-state index contributed by atoms with van der Waals surface area (Å²) in [4.78, 5) is 13.3. The molecule has 5 atom stereocenters. The van der Waals surface area contributed by atoms with E-state index in [4.69, 9.17) is 4.74 Å². The second-order valence-electron chi connectivity index (χ2n) is 11.6. The first kappa shape index (κ1) is 26.4. The molecule has 35 heavy (non-hydrogen) atoms. The van der Waals surface area contributed by atoms with Gasteiger partial charge in [-0.3, -0.25) is 4.79 Å². The van der Waals surface area contributed by atoms with Crippen LogP contribution in [0.15, 0.2) is 18.2 Å². The van der Waals surface area contributed by atoms with Gasteiger partial charge in [-0.25, -0.2) is 0 Å². The van der Waals surface area contributed by atoms with E-state index in [-0.39, 0.29) is 36.2 Å². The molecule has 0 radical (unpaired) electrons. The average molecular weight is 497 g/mol. The van der Waals surface area contributed by atoms with Crippen LogP contribution in [0.2, 0.25) is 0 Å². The molecule has 1 aromatic rings. The molecule has 8 heteroatoms. The summed E-state index contributed by atoms with van der Waals surface area (Å²) in [5.41, 5.74) is -0.358. The molecule has 196 valence electrons. The average Bonchev–Trinajstić information content (AvgIpc) is 3.54. The molecule has 3 fully saturated rings. The normalized spacial score (nSPS) is 29.9. The number of carbonyl (C=O) groups is 1. The summed E-state index contributed by atoms with van der Waals surface area (Å²) in [6.45, 7) is 7.20. The first-order chi connectivity index (χ1) is 16.4. The molecular weight excluding hydrogens is 457 g/mol. The second-order valence-corrected chi connectivity index (χ2v) is 11.6. The second kappa shape index (κ2) is 10.4. The topological polar surface area (TPSA) is 70.6 Å². The SMILES string of the molecule is CC1COCCC1NC1CC(CC(C)(C)O)[C@H](C(=O)NCc2cc(C3CC3)cc(C(F)(F)F)c2)C1. The fraction of sp³-hybridized carbons (Fsp3) is 0.741. The summed E-state index contributed by atoms with van der Waals surface area (Å²) in [6.07, 6.45) is 0.300. The Balaban J connectivity index is 1.43. The molecule has 1 amide bonds. The minimum atomic E-state index is -4.41. The third-order valence-electron chi connectivity index (χ3n) is 7.74. The maximum absolute atomic E-state index is 13.4. The highest BCUT2D eigenvalue weighted by Gasteiger charge is 2.42. The van der Waals surface area contributed by atoms with Gasteiger partial charge < -0.3 is 20.5 Å². The van der Waals surface area contributed by atoms with Crippen molar-refractivity contribution in [3.05, 3.63) is 34.9 Å². The predicted octanol–water partition coefficient (Wildman–Crippen LogP) is 4.77. The number of hydrogen-bond acceptors (Lipinski definition) is 4. The molecule has 4 unspecified atom stereocenters. The van der Waals surface area contributed by atoms with E-state index >= 15 is 0 Å². The van der Waals surface area contributed by atoms with Crippen LogP contribution in [0.1, 0.15) is 81.9 Å². The molecule has 4 rings (SSSR count). The molecule has 1 aliphatic heterocycles. The van der Waals surface area contributed by atoms with Crippen molar-refractivity contribution in [1.82, 2.24) is 10.6 Å². The number of hydrogen-bond donors (Lipinski definition) is 3. The molecule has 3 N–H and O–H groups in total. The van der Waals surface area contributed by atoms with Crippen molar-refractivity contribution in [2.45, 2.75) is 95.6 Å². The number of benzene rings is 1. The maximum atomic E-state index is 13.4. The van der Waals surface area contributed by atoms with Crippen LogP contribution in [0.25, 0.3) is 0 Å². The van der Waals surface area contributed by atoms with E-state index in [1.165, 1.54) is 6.07 Å². The zero-order valence-electron chi connectivity index (χ0n) is 21.0. The van der Waals surface area contributed by atoms with Crippen molar-refractivity contribution in [2.75, 3.05) is 13.2 Å². The van der Waals surface area contributed by atoms with Gasteiger partial charge in [-0.1, -0.05) is 13.0 Å². The van der Waals surface area contributed by atoms with E-state index in [9.17, 15) is 23.1 Å². The monoisotopic (exact) mass is 496 g/mol. The lowest BCUT2D eigenvalue weighted by atomic mass is 9.85. The Hall–Kier alpha value is -1.64. The molecule has 0 spiro atoms. The van der Waals surface area contributed by atoms with E-state index in [2.05, 4.69) is 17.6 Å². The zero-order chi connectivity index (χ0) is 25.4. The number of halogens is 3. The standard InChI is InChI=1S/C27H39F3N2O3/c1-16-15-35-7-6-24(16)32-22-11-20(13-26(2,3)34)23(12-22)25(33)31-14-17-8-19(18-4-5-18)10-21(9-17)27(28,29)30/h8-10,16,18,20,22-24,32,34H,4-7,11-15H2,1-3H3,(H,31,33)/t16?,20?,22?,23-,24?/m1/s1. The minimum absolute atomic E-state index is 0.00572. The summed E-state index contributed by atoms with van der Waals surface area (Å²) >= 11 is 0. The van der Waals surface area contributed by atoms with E-state index in [0.29, 0.717) is 35.9 Å². The third-order valence-corrected chi connectivity index (χ3v) is 7.74. The van der Waals surface area contributed by atoms with Crippen LogP contribution >= 0.6 is 0 Å². The number of amides is 1. The molecule has 5 nitrogen and oxygen atoms in total. The van der Waals surface area contributed by atoms with Gasteiger partial charge in [0.1, 0.15) is 0 Å². The smallest absolute Gasteiger partial charge is 0.390 e. The number of aliphatic hydroxyl groups is 1. The van der Waals surface area contributed by atoms with Gasteiger partial charge >= 0.3 is 6.18 Å².